The molecule has 2 N–H and O–H groups in total. The molecule has 0 unspecified atom stereocenters. The van der Waals surface area contributed by atoms with Crippen LogP contribution in [0.1, 0.15) is 32.3 Å². The number of hydrogen-bond donors (Lipinski definition) is 1. The van der Waals surface area contributed by atoms with E-state index in [2.05, 4.69) is 0 Å². The van der Waals surface area contributed by atoms with Crippen molar-refractivity contribution < 1.29 is 9.13 Å². The first-order valence-electron chi connectivity index (χ1n) is 5.66. The van der Waals surface area contributed by atoms with E-state index in [4.69, 9.17) is 10.5 Å². The van der Waals surface area contributed by atoms with Gasteiger partial charge >= 0.3 is 0 Å². The second-order valence-corrected chi connectivity index (χ2v) is 4.18. The lowest BCUT2D eigenvalue weighted by Crippen LogP contribution is -2.40. The first kappa shape index (κ1) is 13.0. The fourth-order valence-electron chi connectivity index (χ4n) is 1.73. The van der Waals surface area contributed by atoms with Crippen molar-refractivity contribution in [3.05, 3.63) is 29.6 Å². The fourth-order valence-corrected chi connectivity index (χ4v) is 1.73. The maximum atomic E-state index is 13.9. The Morgan fingerprint density at radius 1 is 1.31 bits per heavy atom. The van der Waals surface area contributed by atoms with Crippen LogP contribution in [-0.2, 0) is 6.42 Å². The van der Waals surface area contributed by atoms with Gasteiger partial charge in [0, 0.05) is 5.54 Å². The van der Waals surface area contributed by atoms with Gasteiger partial charge < -0.3 is 10.5 Å². The molecule has 1 aromatic carbocycles. The quantitative estimate of drug-likeness (QED) is 0.836. The third-order valence-corrected chi connectivity index (χ3v) is 3.21. The highest BCUT2D eigenvalue weighted by atomic mass is 19.1. The molecule has 0 atom stereocenters. The molecule has 0 amide bonds. The van der Waals surface area contributed by atoms with Crippen molar-refractivity contribution in [1.29, 1.82) is 0 Å². The van der Waals surface area contributed by atoms with E-state index in [0.717, 1.165) is 12.8 Å². The number of hydrogen-bond acceptors (Lipinski definition) is 2. The van der Waals surface area contributed by atoms with Gasteiger partial charge in [-0.3, -0.25) is 0 Å². The van der Waals surface area contributed by atoms with E-state index in [0.29, 0.717) is 12.0 Å². The highest BCUT2D eigenvalue weighted by Gasteiger charge is 2.23. The molecule has 0 heterocycles. The Labute approximate surface area is 96.6 Å². The SMILES string of the molecule is CCC(N)(CC)Cc1cccc(OC)c1F. The Hall–Kier alpha value is -1.09. The lowest BCUT2D eigenvalue weighted by Gasteiger charge is -2.27. The van der Waals surface area contributed by atoms with Crippen LogP contribution in [0.15, 0.2) is 18.2 Å². The molecule has 1 rings (SSSR count). The minimum absolute atomic E-state index is 0.284. The lowest BCUT2D eigenvalue weighted by molar-refractivity contribution is 0.366. The third kappa shape index (κ3) is 2.73. The van der Waals surface area contributed by atoms with Crippen LogP contribution in [0.25, 0.3) is 0 Å². The summed E-state index contributed by atoms with van der Waals surface area (Å²) in [6.45, 7) is 4.06. The molecule has 0 saturated heterocycles. The zero-order valence-corrected chi connectivity index (χ0v) is 10.2. The van der Waals surface area contributed by atoms with Crippen LogP contribution in [0, 0.1) is 5.82 Å². The summed E-state index contributed by atoms with van der Waals surface area (Å²) in [6, 6.07) is 5.18. The number of methoxy groups -OCH3 is 1. The van der Waals surface area contributed by atoms with Gasteiger partial charge in [-0.05, 0) is 30.9 Å². The summed E-state index contributed by atoms with van der Waals surface area (Å²) in [5.41, 5.74) is 6.49. The van der Waals surface area contributed by atoms with E-state index in [1.165, 1.54) is 7.11 Å². The van der Waals surface area contributed by atoms with Gasteiger partial charge in [-0.2, -0.15) is 0 Å². The molecule has 0 aliphatic rings. The normalized spacial score (nSPS) is 11.6. The molecule has 0 saturated carbocycles. The smallest absolute Gasteiger partial charge is 0.168 e. The van der Waals surface area contributed by atoms with Gasteiger partial charge in [0.1, 0.15) is 0 Å². The molecule has 0 bridgehead atoms. The van der Waals surface area contributed by atoms with Crippen LogP contribution in [0.3, 0.4) is 0 Å². The molecule has 0 fully saturated rings. The fraction of sp³-hybridized carbons (Fsp3) is 0.538. The van der Waals surface area contributed by atoms with Gasteiger partial charge in [0.25, 0.3) is 0 Å². The first-order valence-corrected chi connectivity index (χ1v) is 5.66. The van der Waals surface area contributed by atoms with E-state index in [-0.39, 0.29) is 17.1 Å². The highest BCUT2D eigenvalue weighted by molar-refractivity contribution is 5.32. The number of rotatable bonds is 5. The van der Waals surface area contributed by atoms with Crippen LogP contribution in [0.5, 0.6) is 5.75 Å². The topological polar surface area (TPSA) is 35.2 Å². The summed E-state index contributed by atoms with van der Waals surface area (Å²) >= 11 is 0. The molecule has 16 heavy (non-hydrogen) atoms. The molecule has 0 radical (unpaired) electrons. The molecular formula is C13H20FNO. The van der Waals surface area contributed by atoms with E-state index >= 15 is 0 Å². The van der Waals surface area contributed by atoms with Crippen LogP contribution in [0.4, 0.5) is 4.39 Å². The van der Waals surface area contributed by atoms with Crippen molar-refractivity contribution >= 4 is 0 Å². The van der Waals surface area contributed by atoms with E-state index < -0.39 is 0 Å². The van der Waals surface area contributed by atoms with Crippen LogP contribution < -0.4 is 10.5 Å². The van der Waals surface area contributed by atoms with Crippen molar-refractivity contribution in [1.82, 2.24) is 0 Å². The second-order valence-electron chi connectivity index (χ2n) is 4.18. The largest absolute Gasteiger partial charge is 0.494 e. The van der Waals surface area contributed by atoms with Gasteiger partial charge in [-0.1, -0.05) is 26.0 Å². The van der Waals surface area contributed by atoms with Gasteiger partial charge in [-0.25, -0.2) is 4.39 Å². The Morgan fingerprint density at radius 3 is 2.44 bits per heavy atom. The van der Waals surface area contributed by atoms with Gasteiger partial charge in [0.2, 0.25) is 0 Å². The maximum Gasteiger partial charge on any atom is 0.168 e. The average molecular weight is 225 g/mol. The van der Waals surface area contributed by atoms with Crippen LogP contribution >= 0.6 is 0 Å². The standard InChI is InChI=1S/C13H20FNO/c1-4-13(15,5-2)9-10-7-6-8-11(16-3)12(10)14/h6-8H,4-5,9,15H2,1-3H3. The Morgan fingerprint density at radius 2 is 1.94 bits per heavy atom. The summed E-state index contributed by atoms with van der Waals surface area (Å²) in [5.74, 6) is -0.00576. The molecule has 0 aliphatic carbocycles. The van der Waals surface area contributed by atoms with Gasteiger partial charge in [0.15, 0.2) is 11.6 Å². The van der Waals surface area contributed by atoms with E-state index in [9.17, 15) is 4.39 Å². The van der Waals surface area contributed by atoms with Crippen molar-refractivity contribution in [3.63, 3.8) is 0 Å². The summed E-state index contributed by atoms with van der Waals surface area (Å²) < 4.78 is 18.8. The highest BCUT2D eigenvalue weighted by Crippen LogP contribution is 2.25. The molecular weight excluding hydrogens is 205 g/mol. The predicted molar refractivity (Wildman–Crippen MR) is 64.2 cm³/mol. The molecule has 0 aromatic heterocycles. The number of ether oxygens (including phenoxy) is 1. The minimum Gasteiger partial charge on any atom is -0.494 e. The average Bonchev–Trinajstić information content (AvgIpc) is 2.32. The molecule has 0 aliphatic heterocycles. The van der Waals surface area contributed by atoms with Crippen molar-refractivity contribution in [2.75, 3.05) is 7.11 Å². The second kappa shape index (κ2) is 5.30. The summed E-state index contributed by atoms with van der Waals surface area (Å²) in [5, 5.41) is 0. The Bertz CT molecular complexity index is 348. The number of halogens is 1. The van der Waals surface area contributed by atoms with Crippen molar-refractivity contribution in [2.24, 2.45) is 5.73 Å². The van der Waals surface area contributed by atoms with Gasteiger partial charge in [-0.15, -0.1) is 0 Å². The maximum absolute atomic E-state index is 13.9. The molecule has 0 spiro atoms. The van der Waals surface area contributed by atoms with Crippen LogP contribution in [-0.4, -0.2) is 12.6 Å². The van der Waals surface area contributed by atoms with Crippen molar-refractivity contribution in [2.45, 2.75) is 38.6 Å². The zero-order valence-electron chi connectivity index (χ0n) is 10.2. The van der Waals surface area contributed by atoms with E-state index in [1.54, 1.807) is 18.2 Å². The summed E-state index contributed by atoms with van der Waals surface area (Å²) in [7, 11) is 1.47. The third-order valence-electron chi connectivity index (χ3n) is 3.21. The summed E-state index contributed by atoms with van der Waals surface area (Å²) in [6.07, 6.45) is 2.21. The molecule has 2 nitrogen and oxygen atoms in total. The lowest BCUT2D eigenvalue weighted by atomic mass is 9.86. The number of nitrogens with two attached hydrogens (primary N) is 1. The molecule has 1 aromatic rings. The monoisotopic (exact) mass is 225 g/mol. The molecule has 90 valence electrons. The predicted octanol–water partition coefficient (Wildman–Crippen LogP) is 2.89. The van der Waals surface area contributed by atoms with E-state index in [1.807, 2.05) is 13.8 Å². The number of benzene rings is 1. The van der Waals surface area contributed by atoms with Crippen LogP contribution in [0.2, 0.25) is 0 Å². The minimum atomic E-state index is -0.326. The Balaban J connectivity index is 2.97. The first-order chi connectivity index (χ1) is 7.56. The van der Waals surface area contributed by atoms with Crippen molar-refractivity contribution in [3.8, 4) is 5.75 Å². The molecule has 3 heteroatoms. The summed E-state index contributed by atoms with van der Waals surface area (Å²) in [4.78, 5) is 0. The Kier molecular flexibility index (Phi) is 4.30. The van der Waals surface area contributed by atoms with Gasteiger partial charge in [0.05, 0.1) is 7.11 Å². The zero-order chi connectivity index (χ0) is 12.2.